The molecule has 1 N–H and O–H groups in total. The van der Waals surface area contributed by atoms with Crippen LogP contribution >= 0.6 is 0 Å². The lowest BCUT2D eigenvalue weighted by molar-refractivity contribution is -0.104. The van der Waals surface area contributed by atoms with Crippen LogP contribution < -0.4 is 0 Å². The van der Waals surface area contributed by atoms with E-state index in [9.17, 15) is 18.7 Å². The average Bonchev–Trinajstić information content (AvgIpc) is 2.90. The number of rotatable bonds is 16. The number of hydrogen-bond acceptors (Lipinski definition) is 3. The molecule has 38 heavy (non-hydrogen) atoms. The fourth-order valence-corrected chi connectivity index (χ4v) is 3.97. The van der Waals surface area contributed by atoms with Crippen molar-refractivity contribution in [3.8, 4) is 0 Å². The van der Waals surface area contributed by atoms with Gasteiger partial charge >= 0.3 is 0 Å². The van der Waals surface area contributed by atoms with Crippen LogP contribution in [0.5, 0.6) is 0 Å². The Bertz CT molecular complexity index is 750. The summed E-state index contributed by atoms with van der Waals surface area (Å²) in [6.45, 7) is 20.6. The number of methoxy groups -OCH3 is 1. The van der Waals surface area contributed by atoms with E-state index >= 15 is 0 Å². The molecule has 222 valence electrons. The van der Waals surface area contributed by atoms with E-state index in [0.717, 1.165) is 31.0 Å². The molecule has 0 fully saturated rings. The molecule has 0 bridgehead atoms. The lowest BCUT2D eigenvalue weighted by Gasteiger charge is -2.23. The predicted octanol–water partition coefficient (Wildman–Crippen LogP) is 9.31. The van der Waals surface area contributed by atoms with Crippen molar-refractivity contribution >= 4 is 6.29 Å². The summed E-state index contributed by atoms with van der Waals surface area (Å²) in [6.07, 6.45) is 9.52. The first-order chi connectivity index (χ1) is 17.9. The smallest absolute Gasteiger partial charge is 0.162 e. The largest absolute Gasteiger partial charge is 0.396 e. The zero-order valence-corrected chi connectivity index (χ0v) is 25.9. The highest BCUT2D eigenvalue weighted by atomic mass is 19.2. The lowest BCUT2D eigenvalue weighted by atomic mass is 9.83. The number of aliphatic hydroxyl groups excluding tert-OH is 1. The maximum absolute atomic E-state index is 14.6. The summed E-state index contributed by atoms with van der Waals surface area (Å²) < 4.78 is 34.1. The number of ether oxygens (including phenoxy) is 1. The van der Waals surface area contributed by atoms with Gasteiger partial charge in [-0.15, -0.1) is 0 Å². The van der Waals surface area contributed by atoms with Gasteiger partial charge in [0, 0.05) is 13.0 Å². The third-order valence-electron chi connectivity index (χ3n) is 7.23. The molecule has 1 aromatic rings. The molecule has 5 unspecified atom stereocenters. The Morgan fingerprint density at radius 2 is 1.45 bits per heavy atom. The average molecular weight is 541 g/mol. The SMILES string of the molecule is C=C(C)C=O.CCC.CCC(C)CCC(C)C(C)CCC(C)CCc1ccc(C(CO)COC)c(F)c1F. The van der Waals surface area contributed by atoms with E-state index in [2.05, 4.69) is 55.0 Å². The first-order valence-electron chi connectivity index (χ1n) is 14.6. The van der Waals surface area contributed by atoms with Crippen LogP contribution in [0.2, 0.25) is 0 Å². The van der Waals surface area contributed by atoms with Gasteiger partial charge in [0.15, 0.2) is 11.6 Å². The second kappa shape index (κ2) is 23.3. The summed E-state index contributed by atoms with van der Waals surface area (Å²) >= 11 is 0. The summed E-state index contributed by atoms with van der Waals surface area (Å²) in [6, 6.07) is 3.26. The van der Waals surface area contributed by atoms with Gasteiger partial charge in [0.25, 0.3) is 0 Å². The van der Waals surface area contributed by atoms with Gasteiger partial charge in [-0.25, -0.2) is 8.78 Å². The summed E-state index contributed by atoms with van der Waals surface area (Å²) in [7, 11) is 1.49. The molecule has 0 heterocycles. The summed E-state index contributed by atoms with van der Waals surface area (Å²) in [4.78, 5) is 9.41. The number of halogens is 2. The number of carbonyl (C=O) groups excluding carboxylic acids is 1. The van der Waals surface area contributed by atoms with E-state index in [-0.39, 0.29) is 18.8 Å². The van der Waals surface area contributed by atoms with E-state index in [4.69, 9.17) is 4.74 Å². The first kappa shape index (κ1) is 38.6. The van der Waals surface area contributed by atoms with Gasteiger partial charge in [-0.2, -0.15) is 0 Å². The summed E-state index contributed by atoms with van der Waals surface area (Å²) in [5.41, 5.74) is 1.19. The van der Waals surface area contributed by atoms with Crippen LogP contribution in [0.4, 0.5) is 8.78 Å². The van der Waals surface area contributed by atoms with Crippen molar-refractivity contribution in [3.05, 3.63) is 47.0 Å². The summed E-state index contributed by atoms with van der Waals surface area (Å²) in [5, 5.41) is 9.42. The Labute approximate surface area is 233 Å². The number of aliphatic hydroxyl groups is 1. The molecule has 3 nitrogen and oxygen atoms in total. The first-order valence-corrected chi connectivity index (χ1v) is 14.6. The minimum Gasteiger partial charge on any atom is -0.396 e. The number of benzene rings is 1. The van der Waals surface area contributed by atoms with Gasteiger partial charge in [0.2, 0.25) is 0 Å². The third-order valence-corrected chi connectivity index (χ3v) is 7.23. The Kier molecular flexibility index (Phi) is 23.7. The van der Waals surface area contributed by atoms with E-state index in [0.29, 0.717) is 29.4 Å². The number of aldehydes is 1. The zero-order valence-electron chi connectivity index (χ0n) is 25.9. The molecule has 0 saturated heterocycles. The molecule has 0 aliphatic rings. The third kappa shape index (κ3) is 17.1. The molecule has 1 rings (SSSR count). The van der Waals surface area contributed by atoms with Crippen molar-refractivity contribution < 1.29 is 23.4 Å². The van der Waals surface area contributed by atoms with E-state index in [1.807, 2.05) is 0 Å². The van der Waals surface area contributed by atoms with Gasteiger partial charge < -0.3 is 9.84 Å². The van der Waals surface area contributed by atoms with Crippen LogP contribution in [0.1, 0.15) is 117 Å². The van der Waals surface area contributed by atoms with Gasteiger partial charge in [0.05, 0.1) is 13.2 Å². The van der Waals surface area contributed by atoms with Crippen LogP contribution in [0.25, 0.3) is 0 Å². The molecule has 0 aliphatic carbocycles. The van der Waals surface area contributed by atoms with E-state index in [1.165, 1.54) is 39.2 Å². The van der Waals surface area contributed by atoms with Crippen molar-refractivity contribution in [2.75, 3.05) is 20.3 Å². The number of allylic oxidation sites excluding steroid dienone is 1. The fraction of sp³-hybridized carbons (Fsp3) is 0.727. The second-order valence-electron chi connectivity index (χ2n) is 11.2. The van der Waals surface area contributed by atoms with Gasteiger partial charge in [-0.3, -0.25) is 4.79 Å². The molecule has 0 radical (unpaired) electrons. The monoisotopic (exact) mass is 540 g/mol. The zero-order chi connectivity index (χ0) is 29.7. The molecule has 1 aromatic carbocycles. The fourth-order valence-electron chi connectivity index (χ4n) is 3.97. The Morgan fingerprint density at radius 1 is 0.947 bits per heavy atom. The maximum atomic E-state index is 14.6. The molecule has 5 atom stereocenters. The highest BCUT2D eigenvalue weighted by molar-refractivity contribution is 5.70. The standard InChI is InChI=1S/C26H44F2O2.C4H6O.C3H8/c1-7-18(2)8-11-20(4)21(5)12-9-19(3)10-13-22-14-15-24(26(28)25(22)27)23(16-29)17-30-6;1-4(2)3-5;1-3-2/h14-15,18-21,23,29H,7-13,16-17H2,1-6H3;3H,1H2,2H3;3H2,1-2H3. The normalized spacial score (nSPS) is 14.6. The van der Waals surface area contributed by atoms with Crippen LogP contribution in [0, 0.1) is 35.3 Å². The molecule has 0 amide bonds. The minimum absolute atomic E-state index is 0.164. The molecule has 0 spiro atoms. The Hall–Kier alpha value is -1.59. The molecule has 0 aromatic heterocycles. The molecular weight excluding hydrogens is 482 g/mol. The maximum Gasteiger partial charge on any atom is 0.162 e. The number of carbonyl (C=O) groups is 1. The molecule has 5 heteroatoms. The number of aryl methyl sites for hydroxylation is 1. The lowest BCUT2D eigenvalue weighted by Crippen LogP contribution is -2.14. The highest BCUT2D eigenvalue weighted by Crippen LogP contribution is 2.28. The van der Waals surface area contributed by atoms with Crippen molar-refractivity contribution in [1.82, 2.24) is 0 Å². The van der Waals surface area contributed by atoms with Gasteiger partial charge in [-0.1, -0.05) is 106 Å². The topological polar surface area (TPSA) is 46.5 Å². The predicted molar refractivity (Wildman–Crippen MR) is 159 cm³/mol. The number of hydrogen-bond donors (Lipinski definition) is 1. The van der Waals surface area contributed by atoms with Crippen LogP contribution in [-0.4, -0.2) is 31.7 Å². The molecule has 0 saturated carbocycles. The Balaban J connectivity index is 0. The highest BCUT2D eigenvalue weighted by Gasteiger charge is 2.21. The van der Waals surface area contributed by atoms with Crippen molar-refractivity contribution in [3.63, 3.8) is 0 Å². The van der Waals surface area contributed by atoms with Crippen LogP contribution in [0.15, 0.2) is 24.3 Å². The van der Waals surface area contributed by atoms with E-state index in [1.54, 1.807) is 19.1 Å². The van der Waals surface area contributed by atoms with E-state index < -0.39 is 17.6 Å². The van der Waals surface area contributed by atoms with Gasteiger partial charge in [0.1, 0.15) is 6.29 Å². The molecular formula is C33H58F2O3. The van der Waals surface area contributed by atoms with Crippen LogP contribution in [0.3, 0.4) is 0 Å². The Morgan fingerprint density at radius 3 is 1.87 bits per heavy atom. The van der Waals surface area contributed by atoms with Crippen molar-refractivity contribution in [2.45, 2.75) is 113 Å². The second-order valence-corrected chi connectivity index (χ2v) is 11.2. The van der Waals surface area contributed by atoms with Crippen molar-refractivity contribution in [1.29, 1.82) is 0 Å². The quantitative estimate of drug-likeness (QED) is 0.168. The molecule has 0 aliphatic heterocycles. The summed E-state index contributed by atoms with van der Waals surface area (Å²) in [5.74, 6) is 0.554. The van der Waals surface area contributed by atoms with Gasteiger partial charge in [-0.05, 0) is 60.1 Å². The minimum atomic E-state index is -0.847. The van der Waals surface area contributed by atoms with Crippen molar-refractivity contribution in [2.24, 2.45) is 23.7 Å². The van der Waals surface area contributed by atoms with Crippen LogP contribution in [-0.2, 0) is 16.0 Å².